The molecule has 0 N–H and O–H groups in total. The number of nitrogens with zero attached hydrogens (tertiary/aromatic N) is 1. The molecule has 1 atom stereocenters. The highest BCUT2D eigenvalue weighted by molar-refractivity contribution is 6.01. The second kappa shape index (κ2) is 7.28. The third-order valence-electron chi connectivity index (χ3n) is 4.63. The Bertz CT molecular complexity index is 860. The summed E-state index contributed by atoms with van der Waals surface area (Å²) >= 11 is 0. The minimum atomic E-state index is -0.934. The number of aryl methyl sites for hydroxylation is 1. The monoisotopic (exact) mass is 355 g/mol. The van der Waals surface area contributed by atoms with Gasteiger partial charge in [0, 0.05) is 29.1 Å². The summed E-state index contributed by atoms with van der Waals surface area (Å²) in [5.41, 5.74) is 3.59. The van der Waals surface area contributed by atoms with E-state index in [1.165, 1.54) is 55.8 Å². The first-order chi connectivity index (χ1) is 12.4. The molecule has 0 bridgehead atoms. The van der Waals surface area contributed by atoms with Crippen LogP contribution in [0.3, 0.4) is 0 Å². The minimum Gasteiger partial charge on any atom is -0.451 e. The highest BCUT2D eigenvalue weighted by atomic mass is 19.1. The van der Waals surface area contributed by atoms with Crippen LogP contribution >= 0.6 is 0 Å². The molecule has 1 aromatic heterocycles. The van der Waals surface area contributed by atoms with Crippen molar-refractivity contribution in [2.24, 2.45) is 0 Å². The number of benzene rings is 1. The number of Topliss-reactive ketones (excluding diaryl/α,β-unsaturated/α-hetero) is 1. The predicted octanol–water partition coefficient (Wildman–Crippen LogP) is 4.41. The van der Waals surface area contributed by atoms with Gasteiger partial charge in [-0.05, 0) is 75.6 Å². The lowest BCUT2D eigenvalue weighted by molar-refractivity contribution is -0.140. The van der Waals surface area contributed by atoms with Crippen LogP contribution in [0, 0.1) is 19.7 Å². The van der Waals surface area contributed by atoms with Crippen LogP contribution < -0.4 is 0 Å². The van der Waals surface area contributed by atoms with Crippen LogP contribution in [0.5, 0.6) is 0 Å². The maximum atomic E-state index is 12.9. The molecule has 1 aliphatic carbocycles. The molecule has 1 aliphatic rings. The van der Waals surface area contributed by atoms with Gasteiger partial charge in [0.05, 0.1) is 0 Å². The van der Waals surface area contributed by atoms with Crippen molar-refractivity contribution in [1.29, 1.82) is 0 Å². The van der Waals surface area contributed by atoms with E-state index in [1.807, 2.05) is 13.0 Å². The predicted molar refractivity (Wildman–Crippen MR) is 97.5 cm³/mol. The van der Waals surface area contributed by atoms with Crippen LogP contribution in [-0.2, 0) is 9.53 Å². The van der Waals surface area contributed by atoms with Crippen molar-refractivity contribution in [3.8, 4) is 0 Å². The first kappa shape index (κ1) is 18.1. The van der Waals surface area contributed by atoms with Crippen molar-refractivity contribution in [3.05, 3.63) is 64.7 Å². The number of halogens is 1. The molecule has 1 fully saturated rings. The lowest BCUT2D eigenvalue weighted by Gasteiger charge is -2.10. The molecule has 0 spiro atoms. The van der Waals surface area contributed by atoms with E-state index in [0.29, 0.717) is 11.6 Å². The van der Waals surface area contributed by atoms with Crippen molar-refractivity contribution in [3.63, 3.8) is 0 Å². The average molecular weight is 355 g/mol. The molecule has 136 valence electrons. The molecule has 1 heterocycles. The lowest BCUT2D eigenvalue weighted by atomic mass is 10.1. The number of hydrogen-bond acceptors (Lipinski definition) is 3. The summed E-state index contributed by atoms with van der Waals surface area (Å²) in [6.07, 6.45) is 4.53. The van der Waals surface area contributed by atoms with Crippen molar-refractivity contribution in [2.45, 2.75) is 45.8 Å². The van der Waals surface area contributed by atoms with Gasteiger partial charge in [-0.25, -0.2) is 9.18 Å². The molecule has 0 aliphatic heterocycles. The highest BCUT2D eigenvalue weighted by Gasteiger charge is 2.26. The maximum absolute atomic E-state index is 12.9. The molecule has 5 heteroatoms. The molecular weight excluding hydrogens is 333 g/mol. The van der Waals surface area contributed by atoms with Crippen LogP contribution in [0.1, 0.15) is 53.1 Å². The number of carbonyl (C=O) groups excluding carboxylic acids is 2. The number of aromatic nitrogens is 1. The Hall–Kier alpha value is -2.69. The first-order valence-corrected chi connectivity index (χ1v) is 8.73. The van der Waals surface area contributed by atoms with Crippen molar-refractivity contribution in [1.82, 2.24) is 4.57 Å². The fourth-order valence-corrected chi connectivity index (χ4v) is 3.14. The zero-order chi connectivity index (χ0) is 18.8. The molecule has 0 amide bonds. The van der Waals surface area contributed by atoms with Crippen LogP contribution in [0.15, 0.2) is 36.4 Å². The summed E-state index contributed by atoms with van der Waals surface area (Å²) in [4.78, 5) is 24.3. The SMILES string of the molecule is Cc1cc(/C=C/C(=O)O[C@@H](C)C(=O)c2ccc(F)cc2)c(C)n1C1CC1. The third-order valence-corrected chi connectivity index (χ3v) is 4.63. The van der Waals surface area contributed by atoms with Gasteiger partial charge in [0.15, 0.2) is 6.10 Å². The number of ether oxygens (including phenoxy) is 1. The van der Waals surface area contributed by atoms with E-state index < -0.39 is 17.9 Å². The fourth-order valence-electron chi connectivity index (χ4n) is 3.14. The Morgan fingerprint density at radius 2 is 1.88 bits per heavy atom. The summed E-state index contributed by atoms with van der Waals surface area (Å²) < 4.78 is 20.4. The molecule has 4 nitrogen and oxygen atoms in total. The van der Waals surface area contributed by atoms with Crippen molar-refractivity contribution < 1.29 is 18.7 Å². The molecule has 0 saturated heterocycles. The van der Waals surface area contributed by atoms with E-state index in [9.17, 15) is 14.0 Å². The molecule has 1 aromatic carbocycles. The summed E-state index contributed by atoms with van der Waals surface area (Å²) in [7, 11) is 0. The van der Waals surface area contributed by atoms with Crippen LogP contribution in [0.2, 0.25) is 0 Å². The Kier molecular flexibility index (Phi) is 5.07. The van der Waals surface area contributed by atoms with Crippen molar-refractivity contribution in [2.75, 3.05) is 0 Å². The number of esters is 1. The lowest BCUT2D eigenvalue weighted by Crippen LogP contribution is -2.23. The molecule has 3 rings (SSSR count). The molecule has 26 heavy (non-hydrogen) atoms. The van der Waals surface area contributed by atoms with Gasteiger partial charge < -0.3 is 9.30 Å². The second-order valence-electron chi connectivity index (χ2n) is 6.71. The van der Waals surface area contributed by atoms with Gasteiger partial charge in [0.25, 0.3) is 0 Å². The van der Waals surface area contributed by atoms with E-state index in [0.717, 1.165) is 11.3 Å². The largest absolute Gasteiger partial charge is 0.451 e. The Labute approximate surface area is 152 Å². The first-order valence-electron chi connectivity index (χ1n) is 8.73. The van der Waals surface area contributed by atoms with E-state index in [-0.39, 0.29) is 5.78 Å². The zero-order valence-corrected chi connectivity index (χ0v) is 15.2. The van der Waals surface area contributed by atoms with Gasteiger partial charge >= 0.3 is 5.97 Å². The number of ketones is 1. The Morgan fingerprint density at radius 1 is 1.23 bits per heavy atom. The molecule has 1 saturated carbocycles. The topological polar surface area (TPSA) is 48.3 Å². The van der Waals surface area contributed by atoms with Crippen LogP contribution in [0.25, 0.3) is 6.08 Å². The van der Waals surface area contributed by atoms with E-state index >= 15 is 0 Å². The van der Waals surface area contributed by atoms with Gasteiger partial charge in [-0.3, -0.25) is 4.79 Å². The average Bonchev–Trinajstić information content (AvgIpc) is 3.39. The maximum Gasteiger partial charge on any atom is 0.331 e. The summed E-state index contributed by atoms with van der Waals surface area (Å²) in [6, 6.07) is 7.80. The van der Waals surface area contributed by atoms with Gasteiger partial charge in [-0.2, -0.15) is 0 Å². The van der Waals surface area contributed by atoms with Gasteiger partial charge in [-0.15, -0.1) is 0 Å². The Morgan fingerprint density at radius 3 is 2.50 bits per heavy atom. The second-order valence-corrected chi connectivity index (χ2v) is 6.71. The fraction of sp³-hybridized carbons (Fsp3) is 0.333. The van der Waals surface area contributed by atoms with Crippen LogP contribution in [0.4, 0.5) is 4.39 Å². The molecule has 2 aromatic rings. The van der Waals surface area contributed by atoms with E-state index in [2.05, 4.69) is 11.5 Å². The summed E-state index contributed by atoms with van der Waals surface area (Å²) in [5, 5.41) is 0. The van der Waals surface area contributed by atoms with Crippen molar-refractivity contribution >= 4 is 17.8 Å². The molecular formula is C21H22FNO3. The number of carbonyl (C=O) groups is 2. The number of rotatable bonds is 6. The smallest absolute Gasteiger partial charge is 0.331 e. The summed E-state index contributed by atoms with van der Waals surface area (Å²) in [6.45, 7) is 5.61. The zero-order valence-electron chi connectivity index (χ0n) is 15.2. The standard InChI is InChI=1S/C21H22FNO3/c1-13-12-17(14(2)23(13)19-9-10-19)6-11-20(24)26-15(3)21(25)16-4-7-18(22)8-5-16/h4-8,11-12,15,19H,9-10H2,1-3H3/b11-6+/t15-/m0/s1. The highest BCUT2D eigenvalue weighted by Crippen LogP contribution is 2.38. The molecule has 0 unspecified atom stereocenters. The Balaban J connectivity index is 1.63. The quantitative estimate of drug-likeness (QED) is 0.438. The van der Waals surface area contributed by atoms with Gasteiger partial charge in [-0.1, -0.05) is 0 Å². The minimum absolute atomic E-state index is 0.309. The van der Waals surface area contributed by atoms with Gasteiger partial charge in [0.1, 0.15) is 5.82 Å². The van der Waals surface area contributed by atoms with E-state index in [1.54, 1.807) is 6.08 Å². The summed E-state index contributed by atoms with van der Waals surface area (Å²) in [5.74, 6) is -1.36. The van der Waals surface area contributed by atoms with E-state index in [4.69, 9.17) is 4.74 Å². The number of hydrogen-bond donors (Lipinski definition) is 0. The normalized spacial score (nSPS) is 15.2. The third kappa shape index (κ3) is 3.93. The molecule has 0 radical (unpaired) electrons. The van der Waals surface area contributed by atoms with Crippen LogP contribution in [-0.4, -0.2) is 22.4 Å². The van der Waals surface area contributed by atoms with Gasteiger partial charge in [0.2, 0.25) is 5.78 Å².